The van der Waals surface area contributed by atoms with Crippen molar-refractivity contribution in [3.63, 3.8) is 0 Å². The monoisotopic (exact) mass is 886 g/mol. The molecule has 0 radical (unpaired) electrons. The molecule has 0 amide bonds. The van der Waals surface area contributed by atoms with Crippen molar-refractivity contribution in [3.05, 3.63) is 143 Å². The van der Waals surface area contributed by atoms with Gasteiger partial charge in [0.05, 0.1) is 22.7 Å². The number of anilines is 6. The van der Waals surface area contributed by atoms with Gasteiger partial charge in [0.15, 0.2) is 6.20 Å². The van der Waals surface area contributed by atoms with Crippen molar-refractivity contribution in [1.29, 1.82) is 0 Å². The van der Waals surface area contributed by atoms with Crippen molar-refractivity contribution >= 4 is 80.7 Å². The number of rotatable bonds is 2. The molecule has 6 aromatic carbocycles. The Balaban J connectivity index is 1.28. The maximum atomic E-state index is 2.67. The first kappa shape index (κ1) is 42.5. The van der Waals surface area contributed by atoms with E-state index in [1.54, 1.807) is 0 Å². The Kier molecular flexibility index (Phi) is 9.26. The summed E-state index contributed by atoms with van der Waals surface area (Å²) in [5.41, 5.74) is 23.6. The zero-order chi connectivity index (χ0) is 45.9. The normalized spacial score (nSPS) is 14.7. The van der Waals surface area contributed by atoms with Crippen LogP contribution in [0.15, 0.2) is 135 Å². The number of hydrogen-bond donors (Lipinski definition) is 0. The van der Waals surface area contributed by atoms with Gasteiger partial charge in [0, 0.05) is 48.7 Å². The lowest BCUT2D eigenvalue weighted by Crippen LogP contribution is -2.62. The van der Waals surface area contributed by atoms with Crippen molar-refractivity contribution in [2.75, 3.05) is 9.80 Å². The summed E-state index contributed by atoms with van der Waals surface area (Å²) in [5.74, 6) is 0. The van der Waals surface area contributed by atoms with Crippen molar-refractivity contribution in [2.45, 2.75) is 131 Å². The molecule has 0 unspecified atom stereocenters. The smallest absolute Gasteiger partial charge is 0.252 e. The Bertz CT molecular complexity index is 3030. The van der Waals surface area contributed by atoms with Gasteiger partial charge >= 0.3 is 0 Å². The predicted molar refractivity (Wildman–Crippen MR) is 280 cm³/mol. The molecule has 0 saturated heterocycles. The fourth-order valence-electron chi connectivity index (χ4n) is 10.5. The van der Waals surface area contributed by atoms with Crippen LogP contribution in [0, 0.1) is 6.92 Å². The summed E-state index contributed by atoms with van der Waals surface area (Å²) in [7, 11) is 2.17. The second kappa shape index (κ2) is 14.2. The molecule has 0 atom stereocenters. The third-order valence-corrected chi connectivity index (χ3v) is 16.6. The van der Waals surface area contributed by atoms with Crippen LogP contribution in [-0.4, -0.2) is 6.71 Å². The number of aryl methyl sites for hydroxylation is 2. The van der Waals surface area contributed by atoms with Gasteiger partial charge in [-0.25, -0.2) is 4.57 Å². The van der Waals surface area contributed by atoms with Crippen molar-refractivity contribution in [3.8, 4) is 22.4 Å². The molecule has 0 N–H and O–H groups in total. The highest BCUT2D eigenvalue weighted by atomic mass is 32.2. The molecule has 65 heavy (non-hydrogen) atoms. The fraction of sp³-hybridized carbons (Fsp3) is 0.305. The van der Waals surface area contributed by atoms with E-state index in [-0.39, 0.29) is 28.4 Å². The molecule has 326 valence electrons. The van der Waals surface area contributed by atoms with Crippen LogP contribution in [0.4, 0.5) is 34.1 Å². The average Bonchev–Trinajstić information content (AvgIpc) is 3.23. The predicted octanol–water partition coefficient (Wildman–Crippen LogP) is 14.4. The zero-order valence-electron chi connectivity index (χ0n) is 40.7. The highest BCUT2D eigenvalue weighted by Gasteiger charge is 2.49. The molecule has 0 bridgehead atoms. The summed E-state index contributed by atoms with van der Waals surface area (Å²) in [6, 6.07) is 43.3. The lowest BCUT2D eigenvalue weighted by molar-refractivity contribution is -0.660. The first-order valence-corrected chi connectivity index (χ1v) is 25.1. The Morgan fingerprint density at radius 2 is 0.923 bits per heavy atom. The van der Waals surface area contributed by atoms with E-state index in [9.17, 15) is 0 Å². The molecular formula is C59H61BN3S2+. The third-order valence-electron chi connectivity index (χ3n) is 14.4. The van der Waals surface area contributed by atoms with Crippen molar-refractivity contribution in [2.24, 2.45) is 7.05 Å². The van der Waals surface area contributed by atoms with E-state index in [2.05, 4.69) is 227 Å². The Hall–Kier alpha value is -5.17. The van der Waals surface area contributed by atoms with Gasteiger partial charge in [-0.05, 0) is 139 Å². The molecule has 3 nitrogen and oxygen atoms in total. The van der Waals surface area contributed by atoms with Crippen molar-refractivity contribution < 1.29 is 4.57 Å². The van der Waals surface area contributed by atoms with Crippen LogP contribution >= 0.6 is 23.5 Å². The number of hydrogen-bond acceptors (Lipinski definition) is 4. The molecule has 0 saturated carbocycles. The number of pyridine rings is 1. The number of fused-ring (bicyclic) bond motifs is 8. The molecule has 5 heterocycles. The fourth-order valence-corrected chi connectivity index (χ4v) is 12.8. The highest BCUT2D eigenvalue weighted by Crippen LogP contribution is 2.59. The summed E-state index contributed by atoms with van der Waals surface area (Å²) in [6.45, 7) is 30.5. The van der Waals surface area contributed by atoms with Gasteiger partial charge in [-0.2, -0.15) is 0 Å². The van der Waals surface area contributed by atoms with E-state index in [1.165, 1.54) is 120 Å². The average molecular weight is 887 g/mol. The number of benzene rings is 6. The summed E-state index contributed by atoms with van der Waals surface area (Å²) in [6.07, 6.45) is 2.25. The molecule has 4 aliphatic rings. The summed E-state index contributed by atoms with van der Waals surface area (Å²) in [4.78, 5) is 10.7. The van der Waals surface area contributed by atoms with E-state index in [0.717, 1.165) is 0 Å². The van der Waals surface area contributed by atoms with Gasteiger partial charge in [0.1, 0.15) is 7.05 Å². The minimum atomic E-state index is -0.0391. The second-order valence-corrected chi connectivity index (χ2v) is 25.3. The molecule has 7 aromatic rings. The molecule has 1 aromatic heterocycles. The SMILES string of the molecule is Cc1ccccc1-c1cc(-c2cc3c4c(c2)N2c5ccc(C(C)(C)C)cc5Sc5cc(C(C)(C)C)cc(c52)B4c2cc(C(C)(C)C)cc4c2N3c2ccc(C(C)(C)C)cc2S4)cc[n+]1C. The lowest BCUT2D eigenvalue weighted by Gasteiger charge is -2.48. The molecule has 4 aliphatic heterocycles. The van der Waals surface area contributed by atoms with Crippen LogP contribution in [0.2, 0.25) is 0 Å². The maximum absolute atomic E-state index is 2.67. The quantitative estimate of drug-likeness (QED) is 0.126. The van der Waals surface area contributed by atoms with Crippen LogP contribution in [0.3, 0.4) is 0 Å². The van der Waals surface area contributed by atoms with E-state index >= 15 is 0 Å². The second-order valence-electron chi connectivity index (χ2n) is 23.2. The summed E-state index contributed by atoms with van der Waals surface area (Å²) in [5, 5.41) is 0. The minimum Gasteiger partial charge on any atom is -0.309 e. The van der Waals surface area contributed by atoms with Crippen LogP contribution < -0.4 is 30.8 Å². The minimum absolute atomic E-state index is 0.0251. The zero-order valence-corrected chi connectivity index (χ0v) is 42.3. The highest BCUT2D eigenvalue weighted by molar-refractivity contribution is 8.00. The van der Waals surface area contributed by atoms with E-state index < -0.39 is 0 Å². The molecule has 11 rings (SSSR count). The van der Waals surface area contributed by atoms with Crippen LogP contribution in [0.1, 0.15) is 111 Å². The lowest BCUT2D eigenvalue weighted by atomic mass is 9.33. The molecule has 0 fully saturated rings. The molecule has 6 heteroatoms. The van der Waals surface area contributed by atoms with Gasteiger partial charge in [0.25, 0.3) is 6.71 Å². The van der Waals surface area contributed by atoms with Gasteiger partial charge < -0.3 is 9.80 Å². The summed E-state index contributed by atoms with van der Waals surface area (Å²) < 4.78 is 2.27. The number of nitrogens with zero attached hydrogens (tertiary/aromatic N) is 3. The van der Waals surface area contributed by atoms with E-state index in [4.69, 9.17) is 0 Å². The Morgan fingerprint density at radius 3 is 1.38 bits per heavy atom. The van der Waals surface area contributed by atoms with E-state index in [1.807, 2.05) is 23.5 Å². The van der Waals surface area contributed by atoms with Crippen molar-refractivity contribution in [1.82, 2.24) is 0 Å². The van der Waals surface area contributed by atoms with Crippen LogP contribution in [0.25, 0.3) is 22.4 Å². The van der Waals surface area contributed by atoms with E-state index in [0.29, 0.717) is 0 Å². The Labute approximate surface area is 396 Å². The molecule has 0 spiro atoms. The first-order chi connectivity index (χ1) is 30.6. The summed E-state index contributed by atoms with van der Waals surface area (Å²) >= 11 is 3.93. The molecular weight excluding hydrogens is 826 g/mol. The standard InChI is InChI=1S/C59H61BN3S2/c1-34-17-15-16-18-41(34)46-25-35(23-24-61(46)14)36-26-47-53-48(27-36)63-45-22-20-38(57(5,6)7)31-50(45)65-52-33-40(59(11,12)13)29-43(55(52)63)60(53)42-28-39(58(8,9)10)32-51-54(42)62(47)44-21-19-37(56(2,3)4)30-49(44)64-51/h15-33H,1-14H3/q+1. The first-order valence-electron chi connectivity index (χ1n) is 23.4. The Morgan fingerprint density at radius 1 is 0.462 bits per heavy atom. The van der Waals surface area contributed by atoms with Crippen LogP contribution in [-0.2, 0) is 28.7 Å². The van der Waals surface area contributed by atoms with Crippen LogP contribution in [0.5, 0.6) is 0 Å². The van der Waals surface area contributed by atoms with Gasteiger partial charge in [-0.15, -0.1) is 0 Å². The molecule has 0 aliphatic carbocycles. The maximum Gasteiger partial charge on any atom is 0.252 e. The van der Waals surface area contributed by atoms with Gasteiger partial charge in [-0.1, -0.05) is 149 Å². The topological polar surface area (TPSA) is 10.4 Å². The largest absolute Gasteiger partial charge is 0.309 e. The number of aromatic nitrogens is 1. The third kappa shape index (κ3) is 6.67. The van der Waals surface area contributed by atoms with Gasteiger partial charge in [-0.3, -0.25) is 0 Å². The van der Waals surface area contributed by atoms with Gasteiger partial charge in [0.2, 0.25) is 5.69 Å².